The van der Waals surface area contributed by atoms with Gasteiger partial charge in [-0.3, -0.25) is 0 Å². The third-order valence-electron chi connectivity index (χ3n) is 4.20. The number of aromatic nitrogens is 2. The molecule has 0 amide bonds. The largest absolute Gasteiger partial charge is 0.301 e. The molecule has 2 rings (SSSR count). The van der Waals surface area contributed by atoms with Crippen molar-refractivity contribution in [2.24, 2.45) is 0 Å². The van der Waals surface area contributed by atoms with Crippen molar-refractivity contribution < 1.29 is 0 Å². The highest BCUT2D eigenvalue weighted by molar-refractivity contribution is 5.02. The Morgan fingerprint density at radius 2 is 2.10 bits per heavy atom. The van der Waals surface area contributed by atoms with Crippen LogP contribution < -0.4 is 0 Å². The zero-order chi connectivity index (χ0) is 14.4. The molecule has 0 aliphatic carbocycles. The lowest BCUT2D eigenvalue weighted by Gasteiger charge is -2.26. The first-order valence-corrected chi connectivity index (χ1v) is 7.92. The van der Waals surface area contributed by atoms with Crippen LogP contribution in [0.3, 0.4) is 0 Å². The molecular formula is C16H28N4. The zero-order valence-corrected chi connectivity index (χ0v) is 13.2. The molecule has 1 atom stereocenters. The van der Waals surface area contributed by atoms with Gasteiger partial charge in [-0.2, -0.15) is 0 Å². The first-order valence-electron chi connectivity index (χ1n) is 7.92. The van der Waals surface area contributed by atoms with E-state index in [1.165, 1.54) is 32.4 Å². The van der Waals surface area contributed by atoms with E-state index in [1.54, 1.807) is 0 Å². The van der Waals surface area contributed by atoms with Crippen molar-refractivity contribution in [2.45, 2.75) is 52.1 Å². The molecule has 1 aromatic heterocycles. The van der Waals surface area contributed by atoms with Crippen LogP contribution in [0.4, 0.5) is 0 Å². The summed E-state index contributed by atoms with van der Waals surface area (Å²) in [5.74, 6) is 0.946. The summed E-state index contributed by atoms with van der Waals surface area (Å²) in [6, 6.07) is 2.73. The average molecular weight is 276 g/mol. The maximum absolute atomic E-state index is 4.57. The van der Waals surface area contributed by atoms with Gasteiger partial charge in [-0.25, -0.2) is 9.97 Å². The van der Waals surface area contributed by atoms with Gasteiger partial charge < -0.3 is 9.80 Å². The van der Waals surface area contributed by atoms with E-state index in [1.807, 2.05) is 12.3 Å². The van der Waals surface area contributed by atoms with Gasteiger partial charge in [-0.1, -0.05) is 6.92 Å². The van der Waals surface area contributed by atoms with Gasteiger partial charge in [0.25, 0.3) is 0 Å². The molecule has 2 heterocycles. The smallest absolute Gasteiger partial charge is 0.128 e. The molecular weight excluding hydrogens is 248 g/mol. The Hall–Kier alpha value is -1.00. The van der Waals surface area contributed by atoms with Crippen LogP contribution in [0.2, 0.25) is 0 Å². The van der Waals surface area contributed by atoms with Gasteiger partial charge >= 0.3 is 0 Å². The van der Waals surface area contributed by atoms with Gasteiger partial charge in [0.1, 0.15) is 5.82 Å². The summed E-state index contributed by atoms with van der Waals surface area (Å²) < 4.78 is 0. The van der Waals surface area contributed by atoms with Crippen LogP contribution in [0, 0.1) is 0 Å². The average Bonchev–Trinajstić information content (AvgIpc) is 2.99. The fraction of sp³-hybridized carbons (Fsp3) is 0.750. The van der Waals surface area contributed by atoms with Gasteiger partial charge in [-0.15, -0.1) is 0 Å². The molecule has 1 aromatic rings. The van der Waals surface area contributed by atoms with Crippen molar-refractivity contribution in [1.29, 1.82) is 0 Å². The van der Waals surface area contributed by atoms with Crippen LogP contribution in [0.25, 0.3) is 0 Å². The van der Waals surface area contributed by atoms with Gasteiger partial charge in [0.15, 0.2) is 0 Å². The predicted octanol–water partition coefficient (Wildman–Crippen LogP) is 2.35. The van der Waals surface area contributed by atoms with Crippen LogP contribution >= 0.6 is 0 Å². The Morgan fingerprint density at radius 1 is 1.35 bits per heavy atom. The van der Waals surface area contributed by atoms with E-state index in [0.29, 0.717) is 6.04 Å². The normalized spacial score (nSPS) is 17.8. The van der Waals surface area contributed by atoms with Crippen molar-refractivity contribution in [3.8, 4) is 0 Å². The van der Waals surface area contributed by atoms with E-state index < -0.39 is 0 Å². The number of hydrogen-bond donors (Lipinski definition) is 0. The first kappa shape index (κ1) is 15.4. The van der Waals surface area contributed by atoms with E-state index in [4.69, 9.17) is 0 Å². The highest BCUT2D eigenvalue weighted by Gasteiger charge is 2.18. The van der Waals surface area contributed by atoms with Gasteiger partial charge in [0.2, 0.25) is 0 Å². The summed E-state index contributed by atoms with van der Waals surface area (Å²) in [5.41, 5.74) is 1.13. The minimum absolute atomic E-state index is 0.705. The second-order valence-corrected chi connectivity index (χ2v) is 5.94. The van der Waals surface area contributed by atoms with Crippen LogP contribution in [0.5, 0.6) is 0 Å². The third-order valence-corrected chi connectivity index (χ3v) is 4.20. The molecule has 4 heteroatoms. The Balaban J connectivity index is 1.75. The Morgan fingerprint density at radius 3 is 2.80 bits per heavy atom. The summed E-state index contributed by atoms with van der Waals surface area (Å²) in [6.45, 7) is 9.08. The molecule has 4 nitrogen and oxygen atoms in total. The second kappa shape index (κ2) is 7.70. The molecule has 0 saturated carbocycles. The highest BCUT2D eigenvalue weighted by Crippen LogP contribution is 2.14. The summed E-state index contributed by atoms with van der Waals surface area (Å²) >= 11 is 0. The standard InChI is InChI=1S/C16H28N4/c1-4-16-17-9-7-15(18-16)13-19(3)12-8-14(2)20-10-5-6-11-20/h7,9,14H,4-6,8,10-13H2,1-3H3/t14-/m0/s1. The molecule has 0 unspecified atom stereocenters. The summed E-state index contributed by atoms with van der Waals surface area (Å²) in [5, 5.41) is 0. The lowest BCUT2D eigenvalue weighted by Crippen LogP contribution is -2.33. The highest BCUT2D eigenvalue weighted by atomic mass is 15.2. The van der Waals surface area contributed by atoms with E-state index >= 15 is 0 Å². The van der Waals surface area contributed by atoms with E-state index in [0.717, 1.165) is 31.0 Å². The van der Waals surface area contributed by atoms with Gasteiger partial charge in [-0.05, 0) is 58.9 Å². The van der Waals surface area contributed by atoms with Crippen molar-refractivity contribution in [3.05, 3.63) is 23.8 Å². The Labute approximate surface area is 123 Å². The number of hydrogen-bond acceptors (Lipinski definition) is 4. The Bertz CT molecular complexity index is 401. The minimum atomic E-state index is 0.705. The molecule has 20 heavy (non-hydrogen) atoms. The van der Waals surface area contributed by atoms with Crippen molar-refractivity contribution >= 4 is 0 Å². The molecule has 1 saturated heterocycles. The second-order valence-electron chi connectivity index (χ2n) is 5.94. The summed E-state index contributed by atoms with van der Waals surface area (Å²) in [6.07, 6.45) is 6.77. The fourth-order valence-electron chi connectivity index (χ4n) is 2.83. The van der Waals surface area contributed by atoms with Crippen molar-refractivity contribution in [3.63, 3.8) is 0 Å². The quantitative estimate of drug-likeness (QED) is 0.765. The molecule has 0 bridgehead atoms. The Kier molecular flexibility index (Phi) is 5.92. The predicted molar refractivity (Wildman–Crippen MR) is 82.6 cm³/mol. The zero-order valence-electron chi connectivity index (χ0n) is 13.2. The SMILES string of the molecule is CCc1nccc(CN(C)CC[C@H](C)N2CCCC2)n1. The first-order chi connectivity index (χ1) is 9.69. The maximum atomic E-state index is 4.57. The maximum Gasteiger partial charge on any atom is 0.128 e. The molecule has 112 valence electrons. The third kappa shape index (κ3) is 4.53. The van der Waals surface area contributed by atoms with Crippen molar-refractivity contribution in [2.75, 3.05) is 26.7 Å². The molecule has 1 aliphatic heterocycles. The number of rotatable bonds is 7. The van der Waals surface area contributed by atoms with Gasteiger partial charge in [0.05, 0.1) is 5.69 Å². The molecule has 0 N–H and O–H groups in total. The lowest BCUT2D eigenvalue weighted by atomic mass is 10.2. The summed E-state index contributed by atoms with van der Waals surface area (Å²) in [7, 11) is 2.18. The molecule has 0 aromatic carbocycles. The van der Waals surface area contributed by atoms with E-state index in [-0.39, 0.29) is 0 Å². The molecule has 0 spiro atoms. The van der Waals surface area contributed by atoms with E-state index in [9.17, 15) is 0 Å². The molecule has 1 fully saturated rings. The summed E-state index contributed by atoms with van der Waals surface area (Å²) in [4.78, 5) is 13.8. The van der Waals surface area contributed by atoms with E-state index in [2.05, 4.69) is 40.7 Å². The van der Waals surface area contributed by atoms with Crippen LogP contribution in [-0.2, 0) is 13.0 Å². The van der Waals surface area contributed by atoms with Crippen molar-refractivity contribution in [1.82, 2.24) is 19.8 Å². The number of aryl methyl sites for hydroxylation is 1. The van der Waals surface area contributed by atoms with Crippen LogP contribution in [-0.4, -0.2) is 52.5 Å². The molecule has 1 aliphatic rings. The minimum Gasteiger partial charge on any atom is -0.301 e. The number of likely N-dealkylation sites (tertiary alicyclic amines) is 1. The van der Waals surface area contributed by atoms with Crippen LogP contribution in [0.15, 0.2) is 12.3 Å². The fourth-order valence-corrected chi connectivity index (χ4v) is 2.83. The lowest BCUT2D eigenvalue weighted by molar-refractivity contribution is 0.214. The molecule has 0 radical (unpaired) electrons. The van der Waals surface area contributed by atoms with Crippen LogP contribution in [0.1, 0.15) is 44.6 Å². The topological polar surface area (TPSA) is 32.3 Å². The van der Waals surface area contributed by atoms with Gasteiger partial charge in [0, 0.05) is 25.2 Å². The monoisotopic (exact) mass is 276 g/mol. The number of nitrogens with zero attached hydrogens (tertiary/aromatic N) is 4.